The Balaban J connectivity index is 2.23. The Bertz CT molecular complexity index is 599. The molecule has 0 saturated carbocycles. The van der Waals surface area contributed by atoms with Crippen molar-refractivity contribution in [3.05, 3.63) is 28.2 Å². The molecule has 0 aliphatic carbocycles. The molecule has 1 aromatic rings. The van der Waals surface area contributed by atoms with Crippen molar-refractivity contribution in [1.82, 2.24) is 9.21 Å². The van der Waals surface area contributed by atoms with Crippen molar-refractivity contribution in [1.29, 1.82) is 0 Å². The number of rotatable bonds is 4. The summed E-state index contributed by atoms with van der Waals surface area (Å²) in [6.45, 7) is 1.12. The van der Waals surface area contributed by atoms with Crippen LogP contribution in [0.15, 0.2) is 27.6 Å². The Morgan fingerprint density at radius 1 is 1.33 bits per heavy atom. The van der Waals surface area contributed by atoms with Crippen LogP contribution in [0.4, 0.5) is 0 Å². The van der Waals surface area contributed by atoms with Gasteiger partial charge in [0.05, 0.1) is 4.90 Å². The Morgan fingerprint density at radius 3 is 2.48 bits per heavy atom. The van der Waals surface area contributed by atoms with Gasteiger partial charge in [-0.2, -0.15) is 4.31 Å². The lowest BCUT2D eigenvalue weighted by molar-refractivity contribution is 0.196. The van der Waals surface area contributed by atoms with Crippen molar-refractivity contribution in [3.8, 4) is 0 Å². The molecule has 7 heteroatoms. The van der Waals surface area contributed by atoms with Gasteiger partial charge in [0.25, 0.3) is 0 Å². The fraction of sp³-hybridized carbons (Fsp3) is 0.571. The Labute approximate surface area is 140 Å². The van der Waals surface area contributed by atoms with Crippen LogP contribution in [-0.4, -0.2) is 50.8 Å². The van der Waals surface area contributed by atoms with E-state index in [1.54, 1.807) is 16.4 Å². The van der Waals surface area contributed by atoms with E-state index in [4.69, 9.17) is 11.6 Å². The van der Waals surface area contributed by atoms with Crippen LogP contribution in [0.5, 0.6) is 0 Å². The van der Waals surface area contributed by atoms with Crippen molar-refractivity contribution in [2.75, 3.05) is 27.2 Å². The summed E-state index contributed by atoms with van der Waals surface area (Å²) in [5, 5.41) is 0. The van der Waals surface area contributed by atoms with Crippen LogP contribution in [0.3, 0.4) is 0 Å². The standard InChI is InChI=1S/C14H20BrClN2O2S/c1-17(2)12-5-7-18(8-6-12)21(19,20)14-9-11(10-16)3-4-13(14)15/h3-4,9,12H,5-8,10H2,1-2H3. The molecule has 118 valence electrons. The zero-order chi connectivity index (χ0) is 15.6. The highest BCUT2D eigenvalue weighted by molar-refractivity contribution is 9.10. The zero-order valence-electron chi connectivity index (χ0n) is 12.2. The predicted molar refractivity (Wildman–Crippen MR) is 89.2 cm³/mol. The second-order valence-corrected chi connectivity index (χ2v) is 8.53. The van der Waals surface area contributed by atoms with Gasteiger partial charge >= 0.3 is 0 Å². The molecule has 1 aliphatic heterocycles. The van der Waals surface area contributed by atoms with E-state index < -0.39 is 10.0 Å². The molecule has 0 aromatic heterocycles. The molecule has 1 saturated heterocycles. The van der Waals surface area contributed by atoms with Gasteiger partial charge in [0.2, 0.25) is 10.0 Å². The highest BCUT2D eigenvalue weighted by Crippen LogP contribution is 2.29. The number of hydrogen-bond donors (Lipinski definition) is 0. The molecule has 1 fully saturated rings. The second-order valence-electron chi connectivity index (χ2n) is 5.50. The third-order valence-corrected chi connectivity index (χ3v) is 7.12. The molecule has 1 aliphatic rings. The molecule has 21 heavy (non-hydrogen) atoms. The van der Waals surface area contributed by atoms with Crippen LogP contribution in [0.1, 0.15) is 18.4 Å². The van der Waals surface area contributed by atoms with Crippen LogP contribution in [-0.2, 0) is 15.9 Å². The van der Waals surface area contributed by atoms with Gasteiger partial charge in [-0.1, -0.05) is 6.07 Å². The van der Waals surface area contributed by atoms with Crippen LogP contribution in [0.2, 0.25) is 0 Å². The van der Waals surface area contributed by atoms with Gasteiger partial charge in [0, 0.05) is 29.5 Å². The van der Waals surface area contributed by atoms with E-state index in [0.717, 1.165) is 18.4 Å². The number of benzene rings is 1. The molecular weight excluding hydrogens is 376 g/mol. The third kappa shape index (κ3) is 3.79. The van der Waals surface area contributed by atoms with Gasteiger partial charge in [-0.15, -0.1) is 11.6 Å². The van der Waals surface area contributed by atoms with Crippen LogP contribution in [0, 0.1) is 0 Å². The maximum atomic E-state index is 12.8. The van der Waals surface area contributed by atoms with Gasteiger partial charge in [-0.25, -0.2) is 8.42 Å². The molecule has 2 rings (SSSR count). The third-order valence-electron chi connectivity index (χ3n) is 3.92. The van der Waals surface area contributed by atoms with E-state index in [1.165, 1.54) is 0 Å². The lowest BCUT2D eigenvalue weighted by atomic mass is 10.1. The molecule has 1 aromatic carbocycles. The van der Waals surface area contributed by atoms with E-state index in [-0.39, 0.29) is 0 Å². The smallest absolute Gasteiger partial charge is 0.244 e. The number of sulfonamides is 1. The van der Waals surface area contributed by atoms with Crippen LogP contribution in [0.25, 0.3) is 0 Å². The normalized spacial score (nSPS) is 18.3. The van der Waals surface area contributed by atoms with Gasteiger partial charge in [0.1, 0.15) is 0 Å². The minimum Gasteiger partial charge on any atom is -0.306 e. The summed E-state index contributed by atoms with van der Waals surface area (Å²) < 4.78 is 27.7. The van der Waals surface area contributed by atoms with Crippen molar-refractivity contribution in [2.45, 2.75) is 29.7 Å². The first-order valence-electron chi connectivity index (χ1n) is 6.87. The SMILES string of the molecule is CN(C)C1CCN(S(=O)(=O)c2cc(CCl)ccc2Br)CC1. The summed E-state index contributed by atoms with van der Waals surface area (Å²) in [7, 11) is 0.609. The number of nitrogens with zero attached hydrogens (tertiary/aromatic N) is 2. The van der Waals surface area contributed by atoms with E-state index in [9.17, 15) is 8.42 Å². The summed E-state index contributed by atoms with van der Waals surface area (Å²) in [6, 6.07) is 5.68. The Kier molecular flexibility index (Phi) is 5.71. The predicted octanol–water partition coefficient (Wildman–Crippen LogP) is 2.90. The quantitative estimate of drug-likeness (QED) is 0.736. The fourth-order valence-electron chi connectivity index (χ4n) is 2.57. The average Bonchev–Trinajstić information content (AvgIpc) is 2.47. The summed E-state index contributed by atoms with van der Waals surface area (Å²) >= 11 is 9.15. The average molecular weight is 396 g/mol. The molecular formula is C14H20BrClN2O2S. The van der Waals surface area contributed by atoms with Gasteiger partial charge < -0.3 is 4.90 Å². The lowest BCUT2D eigenvalue weighted by Gasteiger charge is -2.34. The molecule has 0 atom stereocenters. The molecule has 4 nitrogen and oxygen atoms in total. The van der Waals surface area contributed by atoms with E-state index in [1.807, 2.05) is 20.2 Å². The fourth-order valence-corrected chi connectivity index (χ4v) is 5.18. The number of alkyl halides is 1. The van der Waals surface area contributed by atoms with Crippen molar-refractivity contribution >= 4 is 37.6 Å². The highest BCUT2D eigenvalue weighted by Gasteiger charge is 2.31. The highest BCUT2D eigenvalue weighted by atomic mass is 79.9. The van der Waals surface area contributed by atoms with Gasteiger partial charge in [0.15, 0.2) is 0 Å². The molecule has 0 spiro atoms. The molecule has 0 radical (unpaired) electrons. The van der Waals surface area contributed by atoms with Crippen molar-refractivity contribution < 1.29 is 8.42 Å². The summed E-state index contributed by atoms with van der Waals surface area (Å²) in [4.78, 5) is 2.47. The summed E-state index contributed by atoms with van der Waals surface area (Å²) in [5.41, 5.74) is 0.807. The monoisotopic (exact) mass is 394 g/mol. The van der Waals surface area contributed by atoms with Gasteiger partial charge in [-0.3, -0.25) is 0 Å². The van der Waals surface area contributed by atoms with Crippen LogP contribution >= 0.6 is 27.5 Å². The maximum absolute atomic E-state index is 12.8. The first kappa shape index (κ1) is 17.2. The topological polar surface area (TPSA) is 40.6 Å². The molecule has 0 N–H and O–H groups in total. The van der Waals surface area contributed by atoms with E-state index >= 15 is 0 Å². The Morgan fingerprint density at radius 2 is 1.95 bits per heavy atom. The number of piperidine rings is 1. The first-order valence-corrected chi connectivity index (χ1v) is 9.64. The largest absolute Gasteiger partial charge is 0.306 e. The minimum atomic E-state index is -3.47. The maximum Gasteiger partial charge on any atom is 0.244 e. The Hall–Kier alpha value is -0.140. The molecule has 0 bridgehead atoms. The van der Waals surface area contributed by atoms with Crippen LogP contribution < -0.4 is 0 Å². The van der Waals surface area contributed by atoms with E-state index in [2.05, 4.69) is 20.8 Å². The molecule has 0 unspecified atom stereocenters. The minimum absolute atomic E-state index is 0.304. The van der Waals surface area contributed by atoms with E-state index in [0.29, 0.717) is 34.4 Å². The van der Waals surface area contributed by atoms with Gasteiger partial charge in [-0.05, 0) is 60.6 Å². The molecule has 0 amide bonds. The number of halogens is 2. The first-order chi connectivity index (χ1) is 9.86. The van der Waals surface area contributed by atoms with Crippen molar-refractivity contribution in [3.63, 3.8) is 0 Å². The summed E-state index contributed by atoms with van der Waals surface area (Å²) in [6.07, 6.45) is 1.72. The second kappa shape index (κ2) is 6.96. The van der Waals surface area contributed by atoms with Crippen molar-refractivity contribution in [2.24, 2.45) is 0 Å². The lowest BCUT2D eigenvalue weighted by Crippen LogP contribution is -2.44. The number of hydrogen-bond acceptors (Lipinski definition) is 3. The summed E-state index contributed by atoms with van der Waals surface area (Å²) in [5.74, 6) is 0.304. The molecule has 1 heterocycles. The zero-order valence-corrected chi connectivity index (χ0v) is 15.4.